The monoisotopic (exact) mass is 364 g/mol. The largest absolute Gasteiger partial charge is 0.489 e. The molecule has 4 heteroatoms. The summed E-state index contributed by atoms with van der Waals surface area (Å²) in [4.78, 5) is 5.96. The zero-order valence-electron chi connectivity index (χ0n) is 15.5. The van der Waals surface area contributed by atoms with Gasteiger partial charge in [-0.15, -0.1) is 11.3 Å². The second kappa shape index (κ2) is 7.12. The van der Waals surface area contributed by atoms with Crippen LogP contribution in [0.4, 0.5) is 5.69 Å². The molecule has 0 amide bonds. The number of aryl methyl sites for hydroxylation is 1. The lowest BCUT2D eigenvalue weighted by molar-refractivity contribution is 0.244. The highest BCUT2D eigenvalue weighted by atomic mass is 32.1. The van der Waals surface area contributed by atoms with Crippen LogP contribution in [0.1, 0.15) is 31.4 Å². The van der Waals surface area contributed by atoms with Gasteiger partial charge in [0, 0.05) is 18.8 Å². The van der Waals surface area contributed by atoms with Gasteiger partial charge in [0.15, 0.2) is 0 Å². The number of aromatic nitrogens is 1. The van der Waals surface area contributed by atoms with Gasteiger partial charge in [0.1, 0.15) is 10.8 Å². The van der Waals surface area contributed by atoms with E-state index in [1.54, 1.807) is 11.3 Å². The molecule has 1 heterocycles. The van der Waals surface area contributed by atoms with Crippen molar-refractivity contribution in [3.05, 3.63) is 53.7 Å². The third-order valence-corrected chi connectivity index (χ3v) is 5.86. The summed E-state index contributed by atoms with van der Waals surface area (Å²) in [5, 5.41) is 4.28. The number of benzene rings is 2. The summed E-state index contributed by atoms with van der Waals surface area (Å²) in [6.45, 7) is 4.08. The van der Waals surface area contributed by atoms with Crippen molar-refractivity contribution < 1.29 is 4.74 Å². The fourth-order valence-electron chi connectivity index (χ4n) is 3.60. The first-order valence-electron chi connectivity index (χ1n) is 9.21. The molecule has 26 heavy (non-hydrogen) atoms. The molecule has 0 bridgehead atoms. The highest BCUT2D eigenvalue weighted by Crippen LogP contribution is 2.39. The Morgan fingerprint density at radius 3 is 2.85 bits per heavy atom. The van der Waals surface area contributed by atoms with Gasteiger partial charge in [-0.25, -0.2) is 4.98 Å². The van der Waals surface area contributed by atoms with Crippen molar-refractivity contribution in [3.63, 3.8) is 0 Å². The van der Waals surface area contributed by atoms with Gasteiger partial charge in [-0.05, 0) is 68.0 Å². The predicted octanol–water partition coefficient (Wildman–Crippen LogP) is 5.79. The van der Waals surface area contributed by atoms with Gasteiger partial charge < -0.3 is 10.1 Å². The van der Waals surface area contributed by atoms with Crippen LogP contribution in [0.25, 0.3) is 21.0 Å². The van der Waals surface area contributed by atoms with Gasteiger partial charge in [-0.1, -0.05) is 18.2 Å². The number of hydrogen-bond donors (Lipinski definition) is 1. The molecule has 2 aromatic carbocycles. The number of hydrogen-bond acceptors (Lipinski definition) is 4. The molecule has 0 aliphatic heterocycles. The van der Waals surface area contributed by atoms with Crippen molar-refractivity contribution in [3.8, 4) is 26.8 Å². The van der Waals surface area contributed by atoms with Gasteiger partial charge >= 0.3 is 0 Å². The van der Waals surface area contributed by atoms with Crippen molar-refractivity contribution in [1.29, 1.82) is 0 Å². The van der Waals surface area contributed by atoms with Crippen molar-refractivity contribution in [1.82, 2.24) is 4.98 Å². The van der Waals surface area contributed by atoms with E-state index in [0.29, 0.717) is 0 Å². The molecule has 0 spiro atoms. The highest BCUT2D eigenvalue weighted by molar-refractivity contribution is 7.18. The van der Waals surface area contributed by atoms with E-state index in [1.165, 1.54) is 40.8 Å². The van der Waals surface area contributed by atoms with Crippen LogP contribution in [0.5, 0.6) is 5.75 Å². The van der Waals surface area contributed by atoms with Crippen LogP contribution in [-0.4, -0.2) is 18.1 Å². The fourth-order valence-corrected chi connectivity index (χ4v) is 4.56. The Morgan fingerprint density at radius 2 is 2.04 bits per heavy atom. The molecule has 0 atom stereocenters. The maximum absolute atomic E-state index is 5.87. The van der Waals surface area contributed by atoms with E-state index in [2.05, 4.69) is 35.6 Å². The standard InChI is InChI=1S/C22H24N2OS/c1-14(2)25-20-11-10-16(12-19(20)23-3)22-24-13-21(26-22)18-9-5-7-15-6-4-8-17(15)18/h5,7,9-14,23H,4,6,8H2,1-3H3. The van der Waals surface area contributed by atoms with E-state index < -0.39 is 0 Å². The molecule has 4 rings (SSSR count). The molecule has 134 valence electrons. The van der Waals surface area contributed by atoms with Crippen molar-refractivity contribution in [2.45, 2.75) is 39.2 Å². The van der Waals surface area contributed by atoms with Crippen LogP contribution >= 0.6 is 11.3 Å². The molecular weight excluding hydrogens is 340 g/mol. The van der Waals surface area contributed by atoms with Crippen LogP contribution in [-0.2, 0) is 12.8 Å². The molecule has 0 radical (unpaired) electrons. The molecule has 3 nitrogen and oxygen atoms in total. The van der Waals surface area contributed by atoms with E-state index >= 15 is 0 Å². The third-order valence-electron chi connectivity index (χ3n) is 4.78. The minimum absolute atomic E-state index is 0.152. The first-order chi connectivity index (χ1) is 12.7. The SMILES string of the molecule is CNc1cc(-c2ncc(-c3cccc4c3CCC4)s2)ccc1OC(C)C. The Bertz CT molecular complexity index is 930. The Kier molecular flexibility index (Phi) is 4.68. The molecule has 0 saturated heterocycles. The number of nitrogens with one attached hydrogen (secondary N) is 1. The van der Waals surface area contributed by atoms with Crippen LogP contribution < -0.4 is 10.1 Å². The van der Waals surface area contributed by atoms with Crippen molar-refractivity contribution in [2.24, 2.45) is 0 Å². The average Bonchev–Trinajstić information content (AvgIpc) is 3.30. The summed E-state index contributed by atoms with van der Waals surface area (Å²) in [5.74, 6) is 0.879. The molecule has 0 saturated carbocycles. The van der Waals surface area contributed by atoms with Gasteiger partial charge in [0.2, 0.25) is 0 Å². The Hall–Kier alpha value is -2.33. The number of rotatable bonds is 5. The smallest absolute Gasteiger partial charge is 0.142 e. The normalized spacial score (nSPS) is 13.1. The minimum Gasteiger partial charge on any atom is -0.489 e. The lowest BCUT2D eigenvalue weighted by Gasteiger charge is -2.14. The average molecular weight is 365 g/mol. The second-order valence-corrected chi connectivity index (χ2v) is 7.98. The molecule has 1 aliphatic rings. The summed E-state index contributed by atoms with van der Waals surface area (Å²) in [5.41, 5.74) is 6.49. The lowest BCUT2D eigenvalue weighted by atomic mass is 10.0. The molecular formula is C22H24N2OS. The summed E-state index contributed by atoms with van der Waals surface area (Å²) < 4.78 is 5.87. The zero-order valence-corrected chi connectivity index (χ0v) is 16.3. The Balaban J connectivity index is 1.68. The zero-order chi connectivity index (χ0) is 18.1. The number of thiazole rings is 1. The van der Waals surface area contributed by atoms with E-state index in [-0.39, 0.29) is 6.10 Å². The van der Waals surface area contributed by atoms with Crippen LogP contribution in [0.2, 0.25) is 0 Å². The fraction of sp³-hybridized carbons (Fsp3) is 0.318. The maximum Gasteiger partial charge on any atom is 0.142 e. The van der Waals surface area contributed by atoms with E-state index in [9.17, 15) is 0 Å². The number of nitrogens with zero attached hydrogens (tertiary/aromatic N) is 1. The van der Waals surface area contributed by atoms with E-state index in [4.69, 9.17) is 9.72 Å². The minimum atomic E-state index is 0.152. The van der Waals surface area contributed by atoms with Crippen LogP contribution in [0.15, 0.2) is 42.6 Å². The summed E-state index contributed by atoms with van der Waals surface area (Å²) in [7, 11) is 1.92. The summed E-state index contributed by atoms with van der Waals surface area (Å²) >= 11 is 1.76. The first kappa shape index (κ1) is 17.1. The predicted molar refractivity (Wildman–Crippen MR) is 110 cm³/mol. The van der Waals surface area contributed by atoms with Gasteiger partial charge in [-0.2, -0.15) is 0 Å². The van der Waals surface area contributed by atoms with E-state index in [0.717, 1.165) is 22.0 Å². The highest BCUT2D eigenvalue weighted by Gasteiger charge is 2.17. The lowest BCUT2D eigenvalue weighted by Crippen LogP contribution is -2.07. The molecule has 1 N–H and O–H groups in total. The van der Waals surface area contributed by atoms with Gasteiger partial charge in [-0.3, -0.25) is 0 Å². The Labute approximate surface area is 159 Å². The number of ether oxygens (including phenoxy) is 1. The Morgan fingerprint density at radius 1 is 1.15 bits per heavy atom. The molecule has 0 unspecified atom stereocenters. The van der Waals surface area contributed by atoms with Crippen LogP contribution in [0, 0.1) is 0 Å². The van der Waals surface area contributed by atoms with Gasteiger partial charge in [0.05, 0.1) is 16.7 Å². The maximum atomic E-state index is 5.87. The van der Waals surface area contributed by atoms with Gasteiger partial charge in [0.25, 0.3) is 0 Å². The topological polar surface area (TPSA) is 34.2 Å². The molecule has 1 aliphatic carbocycles. The molecule has 0 fully saturated rings. The van der Waals surface area contributed by atoms with Crippen molar-refractivity contribution >= 4 is 17.0 Å². The summed E-state index contributed by atoms with van der Waals surface area (Å²) in [6, 6.07) is 12.9. The van der Waals surface area contributed by atoms with Crippen molar-refractivity contribution in [2.75, 3.05) is 12.4 Å². The first-order valence-corrected chi connectivity index (χ1v) is 10.0. The quantitative estimate of drug-likeness (QED) is 0.622. The van der Waals surface area contributed by atoms with E-state index in [1.807, 2.05) is 33.2 Å². The number of anilines is 1. The van der Waals surface area contributed by atoms with Crippen LogP contribution in [0.3, 0.4) is 0 Å². The molecule has 1 aromatic heterocycles. The summed E-state index contributed by atoms with van der Waals surface area (Å²) in [6.07, 6.45) is 5.83. The third kappa shape index (κ3) is 3.21. The second-order valence-electron chi connectivity index (χ2n) is 6.95. The molecule has 3 aromatic rings. The number of fused-ring (bicyclic) bond motifs is 1.